The van der Waals surface area contributed by atoms with Crippen LogP contribution in [-0.2, 0) is 65.4 Å². The quantitative estimate of drug-likeness (QED) is 0.0222. The van der Waals surface area contributed by atoms with Crippen LogP contribution in [0.2, 0.25) is 0 Å². The molecular weight excluding hydrogens is 1170 g/mol. The minimum absolute atomic E-state index is 0.103. The van der Waals surface area contributed by atoms with Crippen molar-refractivity contribution in [2.45, 2.75) is 363 Å². The number of aliphatic hydroxyl groups is 1. The third-order valence-corrected chi connectivity index (χ3v) is 18.3. The summed E-state index contributed by atoms with van der Waals surface area (Å²) in [6.45, 7) is 14.0. The van der Waals surface area contributed by atoms with Gasteiger partial charge in [-0.05, 0) is 49.4 Å². The van der Waals surface area contributed by atoms with E-state index in [-0.39, 0.29) is 25.7 Å². The summed E-state index contributed by atoms with van der Waals surface area (Å²) in [5.74, 6) is 0.833. The molecule has 0 aliphatic carbocycles. The second-order valence-electron chi connectivity index (χ2n) is 26.9. The average molecular weight is 1310 g/mol. The maximum Gasteiger partial charge on any atom is 0.472 e. The highest BCUT2D eigenvalue weighted by Gasteiger charge is 2.30. The molecule has 89 heavy (non-hydrogen) atoms. The second kappa shape index (κ2) is 59.8. The summed E-state index contributed by atoms with van der Waals surface area (Å²) in [5.41, 5.74) is 0. The van der Waals surface area contributed by atoms with Crippen LogP contribution in [0.15, 0.2) is 0 Å². The van der Waals surface area contributed by atoms with Crippen molar-refractivity contribution in [1.82, 2.24) is 0 Å². The lowest BCUT2D eigenvalue weighted by molar-refractivity contribution is -0.161. The van der Waals surface area contributed by atoms with E-state index >= 15 is 0 Å². The molecule has 6 atom stereocenters. The fraction of sp³-hybridized carbons (Fsp3) is 0.943. The number of hydrogen-bond donors (Lipinski definition) is 3. The van der Waals surface area contributed by atoms with Crippen LogP contribution in [0.25, 0.3) is 0 Å². The van der Waals surface area contributed by atoms with E-state index in [1.807, 2.05) is 0 Å². The summed E-state index contributed by atoms with van der Waals surface area (Å²) in [6.07, 6.45) is 41.9. The van der Waals surface area contributed by atoms with E-state index in [1.54, 1.807) is 0 Å². The largest absolute Gasteiger partial charge is 0.472 e. The number of aliphatic hydroxyl groups excluding tert-OH is 1. The lowest BCUT2D eigenvalue weighted by atomic mass is 9.99. The number of phosphoric acid groups is 2. The van der Waals surface area contributed by atoms with Crippen LogP contribution in [0.3, 0.4) is 0 Å². The van der Waals surface area contributed by atoms with Crippen molar-refractivity contribution >= 4 is 39.5 Å². The number of hydrogen-bond acceptors (Lipinski definition) is 15. The van der Waals surface area contributed by atoms with Crippen molar-refractivity contribution in [2.75, 3.05) is 39.6 Å². The van der Waals surface area contributed by atoms with Gasteiger partial charge in [0.1, 0.15) is 19.3 Å². The van der Waals surface area contributed by atoms with Gasteiger partial charge in [0, 0.05) is 25.7 Å². The number of carbonyl (C=O) groups excluding carboxylic acids is 4. The zero-order chi connectivity index (χ0) is 66.1. The van der Waals surface area contributed by atoms with E-state index < -0.39 is 97.5 Å². The van der Waals surface area contributed by atoms with Crippen molar-refractivity contribution in [2.24, 2.45) is 23.7 Å². The average Bonchev–Trinajstić information content (AvgIpc) is 3.70. The SMILES string of the molecule is CCC(C)CCCCCCCCCCC(=O)O[C@H](COC(=O)CCCCCCCCC(C)C)COP(=O)(O)OC[C@H](O)COP(=O)(O)OC[C@@H](COC(=O)CCCCCCCCCCCCCCCCC(C)C)OC(=O)CCCCCCCCCCC(C)C. The van der Waals surface area contributed by atoms with E-state index in [0.29, 0.717) is 31.6 Å². The lowest BCUT2D eigenvalue weighted by Gasteiger charge is -2.21. The van der Waals surface area contributed by atoms with Crippen molar-refractivity contribution in [3.05, 3.63) is 0 Å². The molecule has 17 nitrogen and oxygen atoms in total. The van der Waals surface area contributed by atoms with Crippen molar-refractivity contribution in [3.8, 4) is 0 Å². The minimum atomic E-state index is -4.95. The van der Waals surface area contributed by atoms with Crippen LogP contribution in [0.1, 0.15) is 344 Å². The molecule has 0 aromatic heterocycles. The summed E-state index contributed by atoms with van der Waals surface area (Å²) in [6, 6.07) is 0. The molecule has 0 aromatic carbocycles. The predicted molar refractivity (Wildman–Crippen MR) is 358 cm³/mol. The molecular formula is C70H136O17P2. The molecule has 0 heterocycles. The normalized spacial score (nSPS) is 14.6. The standard InChI is InChI=1S/C70H136O17P2/c1-9-63(8)49-41-33-24-19-21-27-37-45-53-70(75)87-66(57-81-68(73)51-43-35-29-28-32-40-48-62(6)7)59-85-89(78,79)83-55-64(71)54-82-88(76,77)84-58-65(86-69(74)52-44-36-26-20-18-23-31-39-47-61(4)5)56-80-67(72)50-42-34-25-17-15-13-11-10-12-14-16-22-30-38-46-60(2)3/h60-66,71H,9-59H2,1-8H3,(H,76,77)(H,78,79)/t63?,64-,65-,66-/m1/s1. The Morgan fingerprint density at radius 2 is 0.539 bits per heavy atom. The van der Waals surface area contributed by atoms with E-state index in [2.05, 4.69) is 55.4 Å². The molecule has 528 valence electrons. The van der Waals surface area contributed by atoms with Gasteiger partial charge in [0.25, 0.3) is 0 Å². The van der Waals surface area contributed by atoms with Crippen molar-refractivity contribution in [1.29, 1.82) is 0 Å². The first-order valence-electron chi connectivity index (χ1n) is 36.2. The molecule has 0 bridgehead atoms. The van der Waals surface area contributed by atoms with Crippen LogP contribution in [-0.4, -0.2) is 96.7 Å². The molecule has 0 aliphatic heterocycles. The zero-order valence-electron chi connectivity index (χ0n) is 58.1. The molecule has 0 amide bonds. The first kappa shape index (κ1) is 87.1. The Balaban J connectivity index is 5.21. The molecule has 0 aromatic rings. The first-order chi connectivity index (χ1) is 42.6. The van der Waals surface area contributed by atoms with Gasteiger partial charge in [-0.25, -0.2) is 9.13 Å². The summed E-state index contributed by atoms with van der Waals surface area (Å²) >= 11 is 0. The highest BCUT2D eigenvalue weighted by molar-refractivity contribution is 7.47. The molecule has 0 spiro atoms. The number of esters is 4. The van der Waals surface area contributed by atoms with Gasteiger partial charge >= 0.3 is 39.5 Å². The monoisotopic (exact) mass is 1310 g/mol. The van der Waals surface area contributed by atoms with E-state index in [1.165, 1.54) is 141 Å². The maximum absolute atomic E-state index is 13.0. The smallest absolute Gasteiger partial charge is 0.462 e. The molecule has 3 unspecified atom stereocenters. The molecule has 0 aliphatic rings. The fourth-order valence-corrected chi connectivity index (χ4v) is 12.0. The Bertz CT molecular complexity index is 1770. The van der Waals surface area contributed by atoms with Gasteiger partial charge in [-0.15, -0.1) is 0 Å². The summed E-state index contributed by atoms with van der Waals surface area (Å²) < 4.78 is 68.2. The number of ether oxygens (including phenoxy) is 4. The van der Waals surface area contributed by atoms with Crippen molar-refractivity contribution in [3.63, 3.8) is 0 Å². The topological polar surface area (TPSA) is 237 Å². The molecule has 0 radical (unpaired) electrons. The zero-order valence-corrected chi connectivity index (χ0v) is 59.8. The Labute approximate surface area is 543 Å². The second-order valence-corrected chi connectivity index (χ2v) is 29.8. The maximum atomic E-state index is 13.0. The van der Waals surface area contributed by atoms with Crippen LogP contribution in [0.4, 0.5) is 0 Å². The highest BCUT2D eigenvalue weighted by atomic mass is 31.2. The number of unbranched alkanes of at least 4 members (excludes halogenated alkanes) is 32. The third-order valence-electron chi connectivity index (χ3n) is 16.4. The van der Waals surface area contributed by atoms with Gasteiger partial charge in [-0.1, -0.05) is 293 Å². The Hall–Kier alpha value is -1.94. The van der Waals surface area contributed by atoms with Crippen LogP contribution >= 0.6 is 15.6 Å². The van der Waals surface area contributed by atoms with E-state index in [0.717, 1.165) is 114 Å². The molecule has 0 saturated heterocycles. The van der Waals surface area contributed by atoms with Crippen molar-refractivity contribution < 1.29 is 80.2 Å². The summed E-state index contributed by atoms with van der Waals surface area (Å²) in [4.78, 5) is 72.5. The van der Waals surface area contributed by atoms with Gasteiger partial charge in [0.05, 0.1) is 26.4 Å². The fourth-order valence-electron chi connectivity index (χ4n) is 10.5. The number of carbonyl (C=O) groups is 4. The van der Waals surface area contributed by atoms with Crippen LogP contribution in [0, 0.1) is 23.7 Å². The lowest BCUT2D eigenvalue weighted by Crippen LogP contribution is -2.30. The van der Waals surface area contributed by atoms with E-state index in [9.17, 15) is 43.2 Å². The Morgan fingerprint density at radius 1 is 0.315 bits per heavy atom. The Morgan fingerprint density at radius 3 is 0.798 bits per heavy atom. The van der Waals surface area contributed by atoms with Gasteiger partial charge in [0.2, 0.25) is 0 Å². The third kappa shape index (κ3) is 63.2. The van der Waals surface area contributed by atoms with Gasteiger partial charge in [0.15, 0.2) is 12.2 Å². The highest BCUT2D eigenvalue weighted by Crippen LogP contribution is 2.45. The molecule has 19 heteroatoms. The molecule has 0 rings (SSSR count). The minimum Gasteiger partial charge on any atom is -0.462 e. The number of phosphoric ester groups is 2. The Kier molecular flexibility index (Phi) is 58.5. The molecule has 3 N–H and O–H groups in total. The van der Waals surface area contributed by atoms with Gasteiger partial charge in [-0.2, -0.15) is 0 Å². The van der Waals surface area contributed by atoms with Crippen LogP contribution in [0.5, 0.6) is 0 Å². The molecule has 0 fully saturated rings. The van der Waals surface area contributed by atoms with Gasteiger partial charge < -0.3 is 33.8 Å². The summed E-state index contributed by atoms with van der Waals surface area (Å²) in [5, 5.41) is 10.6. The molecule has 0 saturated carbocycles. The first-order valence-corrected chi connectivity index (χ1v) is 39.2. The predicted octanol–water partition coefficient (Wildman–Crippen LogP) is 19.7. The summed E-state index contributed by atoms with van der Waals surface area (Å²) in [7, 11) is -9.90. The van der Waals surface area contributed by atoms with E-state index in [4.69, 9.17) is 37.0 Å². The van der Waals surface area contributed by atoms with Gasteiger partial charge in [-0.3, -0.25) is 37.3 Å². The number of rotatable bonds is 67. The van der Waals surface area contributed by atoms with Crippen LogP contribution < -0.4 is 0 Å².